The molecule has 0 saturated heterocycles. The molecule has 8 heteroatoms. The molecule has 1 aromatic rings. The van der Waals surface area contributed by atoms with Crippen LogP contribution in [-0.4, -0.2) is 20.8 Å². The van der Waals surface area contributed by atoms with E-state index in [0.717, 1.165) is 0 Å². The molecule has 7 nitrogen and oxygen atoms in total. The molecule has 0 aliphatic carbocycles. The van der Waals surface area contributed by atoms with Gasteiger partial charge in [-0.15, -0.1) is 0 Å². The second kappa shape index (κ2) is 4.18. The van der Waals surface area contributed by atoms with E-state index in [0.29, 0.717) is 0 Å². The van der Waals surface area contributed by atoms with Crippen molar-refractivity contribution in [2.75, 3.05) is 5.32 Å². The highest BCUT2D eigenvalue weighted by atomic mass is 35.5. The Morgan fingerprint density at radius 2 is 2.13 bits per heavy atom. The molecule has 0 atom stereocenters. The van der Waals surface area contributed by atoms with Crippen molar-refractivity contribution >= 4 is 29.1 Å². The zero-order chi connectivity index (χ0) is 11.6. The van der Waals surface area contributed by atoms with E-state index in [-0.39, 0.29) is 28.4 Å². The highest BCUT2D eigenvalue weighted by Gasteiger charge is 2.20. The highest BCUT2D eigenvalue weighted by molar-refractivity contribution is 6.31. The Labute approximate surface area is 89.6 Å². The third-order valence-electron chi connectivity index (χ3n) is 1.49. The fourth-order valence-electron chi connectivity index (χ4n) is 0.953. The van der Waals surface area contributed by atoms with E-state index < -0.39 is 4.92 Å². The average molecular weight is 231 g/mol. The number of amides is 1. The first-order valence-electron chi connectivity index (χ1n) is 3.88. The van der Waals surface area contributed by atoms with Crippen LogP contribution in [0.15, 0.2) is 0 Å². The minimum Gasteiger partial charge on any atom is -0.295 e. The van der Waals surface area contributed by atoms with Crippen molar-refractivity contribution in [2.45, 2.75) is 13.8 Å². The minimum absolute atomic E-state index is 0.0457. The quantitative estimate of drug-likeness (QED) is 0.469. The molecule has 1 aromatic heterocycles. The number of hydrogen-bond donors (Lipinski definition) is 1. The second-order valence-electron chi connectivity index (χ2n) is 2.71. The molecule has 0 bridgehead atoms. The monoisotopic (exact) mass is 230 g/mol. The molecule has 0 unspecified atom stereocenters. The Morgan fingerprint density at radius 3 is 2.53 bits per heavy atom. The molecule has 0 spiro atoms. The van der Waals surface area contributed by atoms with E-state index in [4.69, 9.17) is 11.6 Å². The van der Waals surface area contributed by atoms with E-state index in [9.17, 15) is 14.9 Å². The topological polar surface area (TPSA) is 98.0 Å². The van der Waals surface area contributed by atoms with Gasteiger partial charge in [0.2, 0.25) is 17.0 Å². The van der Waals surface area contributed by atoms with Crippen molar-refractivity contribution < 1.29 is 9.72 Å². The van der Waals surface area contributed by atoms with E-state index >= 15 is 0 Å². The molecular weight excluding hydrogens is 224 g/mol. The van der Waals surface area contributed by atoms with Crippen LogP contribution in [0.5, 0.6) is 0 Å². The number of nitrogens with one attached hydrogen (secondary N) is 1. The number of carbonyl (C=O) groups is 1. The number of anilines is 1. The van der Waals surface area contributed by atoms with Gasteiger partial charge < -0.3 is 0 Å². The zero-order valence-electron chi connectivity index (χ0n) is 7.94. The van der Waals surface area contributed by atoms with Crippen molar-refractivity contribution in [3.8, 4) is 0 Å². The fourth-order valence-corrected chi connectivity index (χ4v) is 1.24. The Bertz CT molecular complexity index is 411. The van der Waals surface area contributed by atoms with Gasteiger partial charge in [-0.1, -0.05) is 11.6 Å². The maximum absolute atomic E-state index is 10.7. The van der Waals surface area contributed by atoms with Crippen molar-refractivity contribution in [3.05, 3.63) is 21.0 Å². The van der Waals surface area contributed by atoms with Crippen molar-refractivity contribution in [3.63, 3.8) is 0 Å². The van der Waals surface area contributed by atoms with Gasteiger partial charge in [0, 0.05) is 6.92 Å². The summed E-state index contributed by atoms with van der Waals surface area (Å²) in [5.41, 5.74) is -0.255. The standard InChI is InChI=1S/C7H7ClN4O3/c1-3-5(12(14)15)6(8)11-7(9-3)10-4(2)13/h1-2H3,(H,9,10,11,13). The summed E-state index contributed by atoms with van der Waals surface area (Å²) in [6.07, 6.45) is 0. The second-order valence-corrected chi connectivity index (χ2v) is 3.07. The summed E-state index contributed by atoms with van der Waals surface area (Å²) < 4.78 is 0. The molecule has 0 saturated carbocycles. The van der Waals surface area contributed by atoms with Gasteiger partial charge >= 0.3 is 5.69 Å². The zero-order valence-corrected chi connectivity index (χ0v) is 8.70. The molecule has 0 aliphatic heterocycles. The number of hydrogen-bond acceptors (Lipinski definition) is 5. The van der Waals surface area contributed by atoms with E-state index in [1.165, 1.54) is 13.8 Å². The lowest BCUT2D eigenvalue weighted by Gasteiger charge is -2.02. The largest absolute Gasteiger partial charge is 0.327 e. The van der Waals surface area contributed by atoms with E-state index in [1.54, 1.807) is 0 Å². The predicted octanol–water partition coefficient (Wildman–Crippen LogP) is 1.31. The predicted molar refractivity (Wildman–Crippen MR) is 52.7 cm³/mol. The molecular formula is C7H7ClN4O3. The van der Waals surface area contributed by atoms with Gasteiger partial charge in [0.15, 0.2) is 0 Å². The lowest BCUT2D eigenvalue weighted by Crippen LogP contribution is -2.11. The van der Waals surface area contributed by atoms with Crippen molar-refractivity contribution in [2.24, 2.45) is 0 Å². The van der Waals surface area contributed by atoms with E-state index in [1.807, 2.05) is 0 Å². The van der Waals surface area contributed by atoms with Gasteiger partial charge in [-0.2, -0.15) is 4.98 Å². The Balaban J connectivity index is 3.19. The number of carbonyl (C=O) groups excluding carboxylic acids is 1. The SMILES string of the molecule is CC(=O)Nc1nc(C)c([N+](=O)[O-])c(Cl)n1. The summed E-state index contributed by atoms with van der Waals surface area (Å²) in [6.45, 7) is 2.69. The van der Waals surface area contributed by atoms with Gasteiger partial charge in [0.1, 0.15) is 5.69 Å². The molecule has 1 amide bonds. The molecule has 0 radical (unpaired) electrons. The summed E-state index contributed by atoms with van der Waals surface area (Å²) in [7, 11) is 0. The smallest absolute Gasteiger partial charge is 0.295 e. The maximum Gasteiger partial charge on any atom is 0.327 e. The van der Waals surface area contributed by atoms with Gasteiger partial charge in [0.25, 0.3) is 0 Å². The number of aromatic nitrogens is 2. The summed E-state index contributed by atoms with van der Waals surface area (Å²) in [6, 6.07) is 0. The van der Waals surface area contributed by atoms with Gasteiger partial charge in [0.05, 0.1) is 4.92 Å². The molecule has 0 aliphatic rings. The van der Waals surface area contributed by atoms with Gasteiger partial charge in [-0.05, 0) is 6.92 Å². The molecule has 0 aromatic carbocycles. The van der Waals surface area contributed by atoms with Crippen LogP contribution in [0, 0.1) is 17.0 Å². The highest BCUT2D eigenvalue weighted by Crippen LogP contribution is 2.25. The van der Waals surface area contributed by atoms with E-state index in [2.05, 4.69) is 15.3 Å². The Kier molecular flexibility index (Phi) is 3.15. The first kappa shape index (κ1) is 11.3. The summed E-state index contributed by atoms with van der Waals surface area (Å²) >= 11 is 5.57. The van der Waals surface area contributed by atoms with Gasteiger partial charge in [-0.25, -0.2) is 4.98 Å². The average Bonchev–Trinajstić information content (AvgIpc) is 1.99. The molecule has 80 valence electrons. The first-order chi connectivity index (χ1) is 6.91. The van der Waals surface area contributed by atoms with Crippen molar-refractivity contribution in [1.29, 1.82) is 0 Å². The van der Waals surface area contributed by atoms with Crippen LogP contribution in [0.4, 0.5) is 11.6 Å². The molecule has 1 N–H and O–H groups in total. The Hall–Kier alpha value is -1.76. The normalized spacial score (nSPS) is 9.80. The molecule has 1 heterocycles. The van der Waals surface area contributed by atoms with Crippen LogP contribution in [0.2, 0.25) is 5.15 Å². The van der Waals surface area contributed by atoms with Crippen LogP contribution in [0.3, 0.4) is 0 Å². The molecule has 15 heavy (non-hydrogen) atoms. The summed E-state index contributed by atoms with van der Waals surface area (Å²) in [5, 5.41) is 12.5. The maximum atomic E-state index is 10.7. The number of nitrogens with zero attached hydrogens (tertiary/aromatic N) is 3. The number of rotatable bonds is 2. The Morgan fingerprint density at radius 1 is 1.53 bits per heavy atom. The van der Waals surface area contributed by atoms with Gasteiger partial charge in [-0.3, -0.25) is 20.2 Å². The number of halogens is 1. The molecule has 1 rings (SSSR count). The summed E-state index contributed by atoms with van der Waals surface area (Å²) in [4.78, 5) is 27.8. The number of nitro groups is 1. The third kappa shape index (κ3) is 2.59. The minimum atomic E-state index is -0.671. The lowest BCUT2D eigenvalue weighted by molar-refractivity contribution is -0.385. The van der Waals surface area contributed by atoms with Crippen LogP contribution >= 0.6 is 11.6 Å². The lowest BCUT2D eigenvalue weighted by atomic mass is 10.4. The van der Waals surface area contributed by atoms with Crippen LogP contribution in [0.1, 0.15) is 12.6 Å². The first-order valence-corrected chi connectivity index (χ1v) is 4.25. The summed E-state index contributed by atoms with van der Waals surface area (Å²) in [5.74, 6) is -0.421. The van der Waals surface area contributed by atoms with Crippen molar-refractivity contribution in [1.82, 2.24) is 9.97 Å². The van der Waals surface area contributed by atoms with Crippen LogP contribution in [-0.2, 0) is 4.79 Å². The molecule has 0 fully saturated rings. The number of aryl methyl sites for hydroxylation is 1. The fraction of sp³-hybridized carbons (Fsp3) is 0.286. The van der Waals surface area contributed by atoms with Crippen LogP contribution in [0.25, 0.3) is 0 Å². The third-order valence-corrected chi connectivity index (χ3v) is 1.75. The van der Waals surface area contributed by atoms with Crippen LogP contribution < -0.4 is 5.32 Å².